The van der Waals surface area contributed by atoms with Crippen LogP contribution in [0.5, 0.6) is 0 Å². The van der Waals surface area contributed by atoms with E-state index < -0.39 is 18.2 Å². The van der Waals surface area contributed by atoms with Crippen molar-refractivity contribution in [3.63, 3.8) is 0 Å². The number of carboxylic acids is 1. The molecular weight excluding hydrogens is 180 g/mol. The van der Waals surface area contributed by atoms with Crippen molar-refractivity contribution in [2.24, 2.45) is 0 Å². The first-order valence-electron chi connectivity index (χ1n) is 3.58. The lowest BCUT2D eigenvalue weighted by atomic mass is 10.1. The Kier molecular flexibility index (Phi) is 5.28. The second kappa shape index (κ2) is 5.40. The highest BCUT2D eigenvalue weighted by atomic mass is 32.2. The molecule has 0 spiro atoms. The van der Waals surface area contributed by atoms with Gasteiger partial charge in [0.15, 0.2) is 6.10 Å². The average Bonchev–Trinajstić information content (AvgIpc) is 1.98. The van der Waals surface area contributed by atoms with E-state index in [0.717, 1.165) is 5.75 Å². The van der Waals surface area contributed by atoms with Gasteiger partial charge in [-0.05, 0) is 10.9 Å². The van der Waals surface area contributed by atoms with Crippen LogP contribution < -0.4 is 0 Å². The number of hydrogen-bond acceptors (Lipinski definition) is 3. The summed E-state index contributed by atoms with van der Waals surface area (Å²) in [6, 6.07) is 0. The summed E-state index contributed by atoms with van der Waals surface area (Å²) in [6.07, 6.45) is 1.55. The molecule has 5 heteroatoms. The molecule has 0 amide bonds. The van der Waals surface area contributed by atoms with Gasteiger partial charge >= 0.3 is 5.97 Å². The molecule has 3 N–H and O–H groups in total. The van der Waals surface area contributed by atoms with Crippen molar-refractivity contribution < 1.29 is 20.1 Å². The van der Waals surface area contributed by atoms with E-state index in [9.17, 15) is 4.79 Å². The standard InChI is InChI=1S/C7H14O4S/c1-12(2)4-3-5(8)6(9)7(10)11/h5-6,8-9H,3-4H2,1-2H3/p+1. The van der Waals surface area contributed by atoms with Crippen LogP contribution in [0.1, 0.15) is 6.42 Å². The van der Waals surface area contributed by atoms with Gasteiger partial charge in [0, 0.05) is 6.42 Å². The summed E-state index contributed by atoms with van der Waals surface area (Å²) in [4.78, 5) is 10.2. The lowest BCUT2D eigenvalue weighted by molar-refractivity contribution is -0.152. The normalized spacial score (nSPS) is 16.1. The van der Waals surface area contributed by atoms with E-state index in [0.29, 0.717) is 6.42 Å². The molecule has 0 aliphatic rings. The van der Waals surface area contributed by atoms with Gasteiger partial charge in [-0.15, -0.1) is 0 Å². The summed E-state index contributed by atoms with van der Waals surface area (Å²) < 4.78 is 0. The summed E-state index contributed by atoms with van der Waals surface area (Å²) in [5.41, 5.74) is 0. The Balaban J connectivity index is 3.71. The van der Waals surface area contributed by atoms with E-state index in [-0.39, 0.29) is 10.9 Å². The van der Waals surface area contributed by atoms with E-state index in [1.54, 1.807) is 0 Å². The third kappa shape index (κ3) is 4.58. The van der Waals surface area contributed by atoms with E-state index in [4.69, 9.17) is 15.3 Å². The van der Waals surface area contributed by atoms with Crippen LogP contribution >= 0.6 is 0 Å². The van der Waals surface area contributed by atoms with Crippen LogP contribution in [0.2, 0.25) is 0 Å². The summed E-state index contributed by atoms with van der Waals surface area (Å²) in [6.45, 7) is 0. The molecule has 2 atom stereocenters. The molecule has 0 heterocycles. The van der Waals surface area contributed by atoms with Gasteiger partial charge in [0.1, 0.15) is 5.75 Å². The Bertz CT molecular complexity index is 148. The molecular formula is C7H15O4S+. The van der Waals surface area contributed by atoms with Gasteiger partial charge in [-0.2, -0.15) is 0 Å². The first-order valence-corrected chi connectivity index (χ1v) is 5.79. The molecule has 72 valence electrons. The predicted molar refractivity (Wildman–Crippen MR) is 48.3 cm³/mol. The molecule has 2 unspecified atom stereocenters. The number of carbonyl (C=O) groups is 1. The summed E-state index contributed by atoms with van der Waals surface area (Å²) in [5, 5.41) is 26.3. The van der Waals surface area contributed by atoms with E-state index in [1.165, 1.54) is 0 Å². The monoisotopic (exact) mass is 195 g/mol. The molecule has 0 aromatic heterocycles. The first kappa shape index (κ1) is 11.7. The summed E-state index contributed by atoms with van der Waals surface area (Å²) in [5.74, 6) is -0.625. The lowest BCUT2D eigenvalue weighted by Crippen LogP contribution is -2.34. The number of rotatable bonds is 5. The number of aliphatic hydroxyl groups is 2. The van der Waals surface area contributed by atoms with E-state index in [1.807, 2.05) is 12.5 Å². The third-order valence-corrected chi connectivity index (χ3v) is 2.49. The minimum absolute atomic E-state index is 0.170. The predicted octanol–water partition coefficient (Wildman–Crippen LogP) is -0.939. The fraction of sp³-hybridized carbons (Fsp3) is 0.857. The molecule has 0 bridgehead atoms. The zero-order valence-electron chi connectivity index (χ0n) is 7.23. The van der Waals surface area contributed by atoms with Gasteiger partial charge in [0.25, 0.3) is 0 Å². The average molecular weight is 195 g/mol. The van der Waals surface area contributed by atoms with E-state index >= 15 is 0 Å². The van der Waals surface area contributed by atoms with Crippen LogP contribution in [0, 0.1) is 0 Å². The lowest BCUT2D eigenvalue weighted by Gasteiger charge is -2.11. The van der Waals surface area contributed by atoms with Gasteiger partial charge in [0.05, 0.1) is 18.6 Å². The van der Waals surface area contributed by atoms with Crippen molar-refractivity contribution in [1.29, 1.82) is 0 Å². The minimum atomic E-state index is -1.64. The Morgan fingerprint density at radius 2 is 1.92 bits per heavy atom. The number of hydrogen-bond donors (Lipinski definition) is 3. The number of carboxylic acid groups (broad SMARTS) is 1. The van der Waals surface area contributed by atoms with Crippen molar-refractivity contribution in [2.75, 3.05) is 18.3 Å². The van der Waals surface area contributed by atoms with Gasteiger partial charge in [-0.1, -0.05) is 0 Å². The Morgan fingerprint density at radius 1 is 1.42 bits per heavy atom. The molecule has 0 aliphatic carbocycles. The number of aliphatic hydroxyl groups excluding tert-OH is 2. The van der Waals surface area contributed by atoms with Crippen LogP contribution in [0.25, 0.3) is 0 Å². The Labute approximate surface area is 74.6 Å². The molecule has 0 aromatic rings. The highest BCUT2D eigenvalue weighted by Gasteiger charge is 2.24. The quantitative estimate of drug-likeness (QED) is 0.495. The van der Waals surface area contributed by atoms with Crippen molar-refractivity contribution in [2.45, 2.75) is 18.6 Å². The molecule has 0 aliphatic heterocycles. The second-order valence-electron chi connectivity index (χ2n) is 2.83. The zero-order valence-corrected chi connectivity index (χ0v) is 8.04. The third-order valence-electron chi connectivity index (χ3n) is 1.44. The van der Waals surface area contributed by atoms with Crippen LogP contribution in [0.4, 0.5) is 0 Å². The molecule has 0 saturated heterocycles. The fourth-order valence-corrected chi connectivity index (χ4v) is 1.39. The molecule has 0 radical (unpaired) electrons. The Hall–Kier alpha value is -0.260. The SMILES string of the molecule is C[S+](C)CCC(O)C(O)C(=O)O. The summed E-state index contributed by atoms with van der Waals surface area (Å²) >= 11 is 0. The Morgan fingerprint density at radius 3 is 2.25 bits per heavy atom. The van der Waals surface area contributed by atoms with Crippen molar-refractivity contribution in [3.05, 3.63) is 0 Å². The van der Waals surface area contributed by atoms with Crippen LogP contribution in [0.15, 0.2) is 0 Å². The van der Waals surface area contributed by atoms with Crippen LogP contribution in [-0.2, 0) is 15.7 Å². The smallest absolute Gasteiger partial charge is 0.335 e. The molecule has 0 fully saturated rings. The molecule has 12 heavy (non-hydrogen) atoms. The summed E-state index contributed by atoms with van der Waals surface area (Å²) in [7, 11) is 0.170. The van der Waals surface area contributed by atoms with Crippen molar-refractivity contribution >= 4 is 16.9 Å². The van der Waals surface area contributed by atoms with Crippen LogP contribution in [-0.4, -0.2) is 51.8 Å². The maximum atomic E-state index is 10.2. The van der Waals surface area contributed by atoms with Gasteiger partial charge < -0.3 is 15.3 Å². The van der Waals surface area contributed by atoms with Crippen molar-refractivity contribution in [3.8, 4) is 0 Å². The topological polar surface area (TPSA) is 77.8 Å². The van der Waals surface area contributed by atoms with E-state index in [2.05, 4.69) is 0 Å². The fourth-order valence-electron chi connectivity index (χ4n) is 0.679. The van der Waals surface area contributed by atoms with Gasteiger partial charge in [-0.25, -0.2) is 4.79 Å². The zero-order chi connectivity index (χ0) is 9.72. The minimum Gasteiger partial charge on any atom is -0.479 e. The largest absolute Gasteiger partial charge is 0.479 e. The molecule has 0 aromatic carbocycles. The second-order valence-corrected chi connectivity index (χ2v) is 5.21. The number of aliphatic carboxylic acids is 1. The highest BCUT2D eigenvalue weighted by Crippen LogP contribution is 2.01. The maximum absolute atomic E-state index is 10.2. The van der Waals surface area contributed by atoms with Gasteiger partial charge in [0.2, 0.25) is 0 Å². The van der Waals surface area contributed by atoms with Gasteiger partial charge in [-0.3, -0.25) is 0 Å². The highest BCUT2D eigenvalue weighted by molar-refractivity contribution is 7.95. The molecule has 0 rings (SSSR count). The molecule has 0 saturated carbocycles. The van der Waals surface area contributed by atoms with Crippen molar-refractivity contribution in [1.82, 2.24) is 0 Å². The maximum Gasteiger partial charge on any atom is 0.335 e. The molecule has 4 nitrogen and oxygen atoms in total. The first-order chi connectivity index (χ1) is 5.45. The van der Waals surface area contributed by atoms with Crippen LogP contribution in [0.3, 0.4) is 0 Å².